The van der Waals surface area contributed by atoms with Crippen molar-refractivity contribution in [1.82, 2.24) is 14.9 Å². The standard InChI is InChI=1S/C11H14BrN3O2/c1-8-5-15(6-10(2-12)17-8)11(16)9-3-13-7-14-4-9/h3-4,7-8,10H,2,5-6H2,1H3. The third-order valence-corrected chi connectivity index (χ3v) is 3.32. The Bertz CT molecular complexity index is 388. The molecule has 0 saturated carbocycles. The van der Waals surface area contributed by atoms with Crippen LogP contribution in [0.4, 0.5) is 0 Å². The van der Waals surface area contributed by atoms with E-state index in [0.29, 0.717) is 18.7 Å². The van der Waals surface area contributed by atoms with Crippen molar-refractivity contribution in [3.8, 4) is 0 Å². The molecule has 5 nitrogen and oxygen atoms in total. The number of alkyl halides is 1. The maximum atomic E-state index is 12.2. The number of carbonyl (C=O) groups is 1. The molecule has 2 atom stereocenters. The van der Waals surface area contributed by atoms with Crippen LogP contribution in [0.5, 0.6) is 0 Å². The molecule has 0 radical (unpaired) electrons. The lowest BCUT2D eigenvalue weighted by Gasteiger charge is -2.36. The van der Waals surface area contributed by atoms with Gasteiger partial charge >= 0.3 is 0 Å². The van der Waals surface area contributed by atoms with E-state index in [4.69, 9.17) is 4.74 Å². The van der Waals surface area contributed by atoms with Gasteiger partial charge < -0.3 is 9.64 Å². The summed E-state index contributed by atoms with van der Waals surface area (Å²) in [4.78, 5) is 21.7. The Labute approximate surface area is 108 Å². The zero-order valence-corrected chi connectivity index (χ0v) is 11.1. The van der Waals surface area contributed by atoms with Crippen LogP contribution in [0.1, 0.15) is 17.3 Å². The number of morpholine rings is 1. The van der Waals surface area contributed by atoms with Gasteiger partial charge in [0, 0.05) is 30.8 Å². The minimum atomic E-state index is -0.0355. The fourth-order valence-corrected chi connectivity index (χ4v) is 2.25. The van der Waals surface area contributed by atoms with E-state index in [1.807, 2.05) is 6.92 Å². The summed E-state index contributed by atoms with van der Waals surface area (Å²) in [5.74, 6) is -0.0355. The van der Waals surface area contributed by atoms with Crippen LogP contribution in [0.2, 0.25) is 0 Å². The molecule has 1 fully saturated rings. The summed E-state index contributed by atoms with van der Waals surface area (Å²) in [5, 5.41) is 0.729. The van der Waals surface area contributed by atoms with Gasteiger partial charge in [-0.15, -0.1) is 0 Å². The van der Waals surface area contributed by atoms with Crippen LogP contribution >= 0.6 is 15.9 Å². The Morgan fingerprint density at radius 3 is 2.88 bits per heavy atom. The Morgan fingerprint density at radius 2 is 2.24 bits per heavy atom. The smallest absolute Gasteiger partial charge is 0.257 e. The fourth-order valence-electron chi connectivity index (χ4n) is 1.89. The van der Waals surface area contributed by atoms with Crippen LogP contribution < -0.4 is 0 Å². The summed E-state index contributed by atoms with van der Waals surface area (Å²) < 4.78 is 5.68. The topological polar surface area (TPSA) is 55.3 Å². The number of ether oxygens (including phenoxy) is 1. The molecule has 2 heterocycles. The van der Waals surface area contributed by atoms with E-state index < -0.39 is 0 Å². The van der Waals surface area contributed by atoms with Gasteiger partial charge in [0.05, 0.1) is 17.8 Å². The molecule has 0 spiro atoms. The number of halogens is 1. The van der Waals surface area contributed by atoms with Crippen LogP contribution in [0.25, 0.3) is 0 Å². The largest absolute Gasteiger partial charge is 0.371 e. The maximum Gasteiger partial charge on any atom is 0.257 e. The second-order valence-corrected chi connectivity index (χ2v) is 4.71. The van der Waals surface area contributed by atoms with Crippen molar-refractivity contribution in [1.29, 1.82) is 0 Å². The van der Waals surface area contributed by atoms with Gasteiger partial charge in [0.1, 0.15) is 6.33 Å². The van der Waals surface area contributed by atoms with Crippen molar-refractivity contribution >= 4 is 21.8 Å². The quantitative estimate of drug-likeness (QED) is 0.768. The molecule has 1 aliphatic rings. The molecule has 0 aromatic carbocycles. The molecule has 6 heteroatoms. The van der Waals surface area contributed by atoms with E-state index in [1.165, 1.54) is 6.33 Å². The van der Waals surface area contributed by atoms with E-state index in [-0.39, 0.29) is 18.1 Å². The van der Waals surface area contributed by atoms with Crippen LogP contribution in [-0.4, -0.2) is 51.4 Å². The predicted octanol–water partition coefficient (Wildman–Crippen LogP) is 1.10. The van der Waals surface area contributed by atoms with E-state index in [2.05, 4.69) is 25.9 Å². The average Bonchev–Trinajstić information content (AvgIpc) is 2.38. The molecule has 1 aromatic heterocycles. The Hall–Kier alpha value is -1.01. The first-order valence-corrected chi connectivity index (χ1v) is 6.58. The van der Waals surface area contributed by atoms with Gasteiger partial charge in [-0.05, 0) is 6.92 Å². The number of carbonyl (C=O) groups excluding carboxylic acids is 1. The zero-order chi connectivity index (χ0) is 12.3. The molecular weight excluding hydrogens is 286 g/mol. The summed E-state index contributed by atoms with van der Waals surface area (Å²) in [7, 11) is 0. The average molecular weight is 300 g/mol. The van der Waals surface area contributed by atoms with Crippen molar-refractivity contribution in [2.24, 2.45) is 0 Å². The highest BCUT2D eigenvalue weighted by Gasteiger charge is 2.28. The number of nitrogens with zero attached hydrogens (tertiary/aromatic N) is 3. The normalized spacial score (nSPS) is 24.7. The lowest BCUT2D eigenvalue weighted by atomic mass is 10.2. The molecule has 0 aliphatic carbocycles. The lowest BCUT2D eigenvalue weighted by Crippen LogP contribution is -2.49. The Morgan fingerprint density at radius 1 is 1.53 bits per heavy atom. The minimum absolute atomic E-state index is 0.0355. The molecule has 17 heavy (non-hydrogen) atoms. The molecule has 1 aliphatic heterocycles. The molecule has 2 unspecified atom stereocenters. The van der Waals surface area contributed by atoms with E-state index in [1.54, 1.807) is 17.3 Å². The van der Waals surface area contributed by atoms with E-state index >= 15 is 0 Å². The van der Waals surface area contributed by atoms with Crippen LogP contribution in [0.15, 0.2) is 18.7 Å². The number of hydrogen-bond acceptors (Lipinski definition) is 4. The fraction of sp³-hybridized carbons (Fsp3) is 0.545. The van der Waals surface area contributed by atoms with E-state index in [9.17, 15) is 4.79 Å². The second-order valence-electron chi connectivity index (χ2n) is 4.06. The first kappa shape index (κ1) is 12.4. The summed E-state index contributed by atoms with van der Waals surface area (Å²) in [6.45, 7) is 3.18. The molecule has 1 amide bonds. The van der Waals surface area contributed by atoms with Crippen molar-refractivity contribution in [3.63, 3.8) is 0 Å². The SMILES string of the molecule is CC1CN(C(=O)c2cncnc2)CC(CBr)O1. The van der Waals surface area contributed by atoms with Gasteiger partial charge in [-0.25, -0.2) is 9.97 Å². The van der Waals surface area contributed by atoms with Crippen LogP contribution in [-0.2, 0) is 4.74 Å². The van der Waals surface area contributed by atoms with Crippen LogP contribution in [0, 0.1) is 0 Å². The van der Waals surface area contributed by atoms with Crippen molar-refractivity contribution in [2.45, 2.75) is 19.1 Å². The monoisotopic (exact) mass is 299 g/mol. The molecule has 0 N–H and O–H groups in total. The summed E-state index contributed by atoms with van der Waals surface area (Å²) >= 11 is 3.38. The minimum Gasteiger partial charge on any atom is -0.371 e. The van der Waals surface area contributed by atoms with Gasteiger partial charge in [-0.2, -0.15) is 0 Å². The molecule has 0 bridgehead atoms. The third-order valence-electron chi connectivity index (χ3n) is 2.59. The molecule has 1 saturated heterocycles. The van der Waals surface area contributed by atoms with Crippen molar-refractivity contribution in [3.05, 3.63) is 24.3 Å². The first-order chi connectivity index (χ1) is 8.20. The molecular formula is C11H14BrN3O2. The Balaban J connectivity index is 2.09. The Kier molecular flexibility index (Phi) is 4.06. The van der Waals surface area contributed by atoms with E-state index in [0.717, 1.165) is 5.33 Å². The van der Waals surface area contributed by atoms with Crippen molar-refractivity contribution in [2.75, 3.05) is 18.4 Å². The highest BCUT2D eigenvalue weighted by Crippen LogP contribution is 2.15. The zero-order valence-electron chi connectivity index (χ0n) is 9.54. The summed E-state index contributed by atoms with van der Waals surface area (Å²) in [5.41, 5.74) is 0.523. The van der Waals surface area contributed by atoms with Gasteiger partial charge in [0.15, 0.2) is 0 Å². The summed E-state index contributed by atoms with van der Waals surface area (Å²) in [6.07, 6.45) is 4.60. The van der Waals surface area contributed by atoms with Gasteiger partial charge in [-0.1, -0.05) is 15.9 Å². The third kappa shape index (κ3) is 3.01. The molecule has 1 aromatic rings. The highest BCUT2D eigenvalue weighted by molar-refractivity contribution is 9.09. The van der Waals surface area contributed by atoms with Gasteiger partial charge in [0.2, 0.25) is 0 Å². The lowest BCUT2D eigenvalue weighted by molar-refractivity contribution is -0.0559. The number of amides is 1. The first-order valence-electron chi connectivity index (χ1n) is 5.46. The molecule has 2 rings (SSSR count). The van der Waals surface area contributed by atoms with Crippen LogP contribution in [0.3, 0.4) is 0 Å². The maximum absolute atomic E-state index is 12.2. The molecule has 92 valence electrons. The summed E-state index contributed by atoms with van der Waals surface area (Å²) in [6, 6.07) is 0. The number of rotatable bonds is 2. The number of hydrogen-bond donors (Lipinski definition) is 0. The van der Waals surface area contributed by atoms with Gasteiger partial charge in [0.25, 0.3) is 5.91 Å². The number of aromatic nitrogens is 2. The predicted molar refractivity (Wildman–Crippen MR) is 66.1 cm³/mol. The second kappa shape index (κ2) is 5.55. The van der Waals surface area contributed by atoms with Gasteiger partial charge in [-0.3, -0.25) is 4.79 Å². The highest BCUT2D eigenvalue weighted by atomic mass is 79.9. The van der Waals surface area contributed by atoms with Crippen molar-refractivity contribution < 1.29 is 9.53 Å².